The smallest absolute Gasteiger partial charge is 0.186 e. The number of ketones is 1. The Bertz CT molecular complexity index is 434. The first-order chi connectivity index (χ1) is 8.53. The van der Waals surface area contributed by atoms with Crippen molar-refractivity contribution in [3.63, 3.8) is 0 Å². The van der Waals surface area contributed by atoms with Crippen LogP contribution in [0.4, 0.5) is 0 Å². The van der Waals surface area contributed by atoms with E-state index in [2.05, 4.69) is 5.32 Å². The Kier molecular flexibility index (Phi) is 3.71. The molecular weight excluding hydrogens is 226 g/mol. The fourth-order valence-electron chi connectivity index (χ4n) is 2.40. The van der Waals surface area contributed by atoms with Gasteiger partial charge >= 0.3 is 0 Å². The van der Waals surface area contributed by atoms with E-state index in [0.29, 0.717) is 11.3 Å². The number of carbonyl (C=O) groups is 1. The summed E-state index contributed by atoms with van der Waals surface area (Å²) in [4.78, 5) is 12.6. The van der Waals surface area contributed by atoms with Gasteiger partial charge in [-0.2, -0.15) is 0 Å². The predicted molar refractivity (Wildman–Crippen MR) is 72.2 cm³/mol. The van der Waals surface area contributed by atoms with Gasteiger partial charge in [-0.1, -0.05) is 12.1 Å². The fraction of sp³-hybridized carbons (Fsp3) is 0.533. The molecule has 18 heavy (non-hydrogen) atoms. The lowest BCUT2D eigenvalue weighted by atomic mass is 9.89. The Morgan fingerprint density at radius 3 is 2.72 bits per heavy atom. The van der Waals surface area contributed by atoms with Crippen molar-refractivity contribution in [1.29, 1.82) is 0 Å². The second kappa shape index (κ2) is 5.11. The number of nitrogens with one attached hydrogen (secondary N) is 1. The third-order valence-electron chi connectivity index (χ3n) is 3.36. The monoisotopic (exact) mass is 247 g/mol. The van der Waals surface area contributed by atoms with Crippen molar-refractivity contribution in [1.82, 2.24) is 5.32 Å². The highest BCUT2D eigenvalue weighted by atomic mass is 16.5. The standard InChI is InChI=1S/C15H21NO2/c1-11(2)18-13-8-5-4-7-12(13)14(17)15(3)9-6-10-16-15/h4-5,7-8,11,16H,6,9-10H2,1-3H3. The van der Waals surface area contributed by atoms with E-state index in [1.54, 1.807) is 0 Å². The van der Waals surface area contributed by atoms with Crippen LogP contribution in [0.25, 0.3) is 0 Å². The van der Waals surface area contributed by atoms with E-state index < -0.39 is 5.54 Å². The molecule has 1 N–H and O–H groups in total. The zero-order valence-electron chi connectivity index (χ0n) is 11.3. The summed E-state index contributed by atoms with van der Waals surface area (Å²) in [5, 5.41) is 3.31. The van der Waals surface area contributed by atoms with Crippen LogP contribution in [0.5, 0.6) is 5.75 Å². The Labute approximate surface area is 109 Å². The van der Waals surface area contributed by atoms with Gasteiger partial charge in [0.1, 0.15) is 5.75 Å². The molecule has 0 spiro atoms. The highest BCUT2D eigenvalue weighted by molar-refractivity contribution is 6.05. The van der Waals surface area contributed by atoms with E-state index in [4.69, 9.17) is 4.74 Å². The molecule has 3 heteroatoms. The first kappa shape index (κ1) is 13.1. The molecule has 1 aliphatic heterocycles. The van der Waals surface area contributed by atoms with Crippen molar-refractivity contribution in [2.24, 2.45) is 0 Å². The van der Waals surface area contributed by atoms with E-state index in [1.165, 1.54) is 0 Å². The summed E-state index contributed by atoms with van der Waals surface area (Å²) < 4.78 is 5.72. The maximum absolute atomic E-state index is 12.6. The molecule has 0 aliphatic carbocycles. The van der Waals surface area contributed by atoms with Crippen LogP contribution >= 0.6 is 0 Å². The number of ether oxygens (including phenoxy) is 1. The van der Waals surface area contributed by atoms with Crippen molar-refractivity contribution >= 4 is 5.78 Å². The molecule has 0 aromatic heterocycles. The number of carbonyl (C=O) groups excluding carboxylic acids is 1. The largest absolute Gasteiger partial charge is 0.490 e. The Hall–Kier alpha value is -1.35. The Balaban J connectivity index is 2.29. The van der Waals surface area contributed by atoms with Crippen LogP contribution in [0.3, 0.4) is 0 Å². The van der Waals surface area contributed by atoms with Crippen LogP contribution in [0.15, 0.2) is 24.3 Å². The van der Waals surface area contributed by atoms with Gasteiger partial charge in [0.15, 0.2) is 5.78 Å². The lowest BCUT2D eigenvalue weighted by Gasteiger charge is -2.24. The van der Waals surface area contributed by atoms with Crippen LogP contribution in [0, 0.1) is 0 Å². The van der Waals surface area contributed by atoms with Crippen LogP contribution in [0.2, 0.25) is 0 Å². The number of hydrogen-bond acceptors (Lipinski definition) is 3. The highest BCUT2D eigenvalue weighted by Gasteiger charge is 2.37. The summed E-state index contributed by atoms with van der Waals surface area (Å²) in [5.74, 6) is 0.823. The Morgan fingerprint density at radius 2 is 2.11 bits per heavy atom. The van der Waals surface area contributed by atoms with Crippen molar-refractivity contribution in [2.75, 3.05) is 6.54 Å². The maximum Gasteiger partial charge on any atom is 0.186 e. The van der Waals surface area contributed by atoms with E-state index in [9.17, 15) is 4.79 Å². The molecule has 1 aromatic carbocycles. The van der Waals surface area contributed by atoms with Gasteiger partial charge in [-0.3, -0.25) is 4.79 Å². The third kappa shape index (κ3) is 2.56. The van der Waals surface area contributed by atoms with Gasteiger partial charge in [-0.15, -0.1) is 0 Å². The van der Waals surface area contributed by atoms with Crippen LogP contribution in [0.1, 0.15) is 44.0 Å². The second-order valence-corrected chi connectivity index (χ2v) is 5.35. The van der Waals surface area contributed by atoms with Gasteiger partial charge in [0.05, 0.1) is 17.2 Å². The predicted octanol–water partition coefficient (Wildman–Crippen LogP) is 2.80. The van der Waals surface area contributed by atoms with E-state index in [1.807, 2.05) is 45.0 Å². The van der Waals surface area contributed by atoms with E-state index in [-0.39, 0.29) is 11.9 Å². The minimum Gasteiger partial charge on any atom is -0.490 e. The first-order valence-corrected chi connectivity index (χ1v) is 6.58. The molecular formula is C15H21NO2. The summed E-state index contributed by atoms with van der Waals surface area (Å²) in [6, 6.07) is 7.51. The minimum absolute atomic E-state index is 0.0725. The highest BCUT2D eigenvalue weighted by Crippen LogP contribution is 2.28. The van der Waals surface area contributed by atoms with Crippen molar-refractivity contribution < 1.29 is 9.53 Å². The molecule has 1 heterocycles. The molecule has 0 radical (unpaired) electrons. The van der Waals surface area contributed by atoms with Gasteiger partial charge in [-0.05, 0) is 52.3 Å². The minimum atomic E-state index is -0.434. The molecule has 98 valence electrons. The molecule has 1 saturated heterocycles. The van der Waals surface area contributed by atoms with Crippen LogP contribution < -0.4 is 10.1 Å². The van der Waals surface area contributed by atoms with Gasteiger partial charge in [-0.25, -0.2) is 0 Å². The fourth-order valence-corrected chi connectivity index (χ4v) is 2.40. The molecule has 1 atom stereocenters. The van der Waals surface area contributed by atoms with Crippen LogP contribution in [-0.4, -0.2) is 24.0 Å². The number of benzene rings is 1. The lowest BCUT2D eigenvalue weighted by molar-refractivity contribution is 0.0878. The molecule has 0 amide bonds. The normalized spacial score (nSPS) is 23.3. The number of hydrogen-bond donors (Lipinski definition) is 1. The SMILES string of the molecule is CC(C)Oc1ccccc1C(=O)C1(C)CCCN1. The number of rotatable bonds is 4. The van der Waals surface area contributed by atoms with Gasteiger partial charge in [0, 0.05) is 0 Å². The number of para-hydroxylation sites is 1. The Morgan fingerprint density at radius 1 is 1.39 bits per heavy atom. The molecule has 2 rings (SSSR count). The topological polar surface area (TPSA) is 38.3 Å². The summed E-state index contributed by atoms with van der Waals surface area (Å²) in [5.41, 5.74) is 0.249. The zero-order valence-corrected chi connectivity index (χ0v) is 11.3. The van der Waals surface area contributed by atoms with Gasteiger partial charge in [0.25, 0.3) is 0 Å². The summed E-state index contributed by atoms with van der Waals surface area (Å²) in [7, 11) is 0. The summed E-state index contributed by atoms with van der Waals surface area (Å²) in [6.45, 7) is 6.83. The van der Waals surface area contributed by atoms with Crippen molar-refractivity contribution in [2.45, 2.75) is 45.3 Å². The van der Waals surface area contributed by atoms with E-state index in [0.717, 1.165) is 19.4 Å². The van der Waals surface area contributed by atoms with Gasteiger partial charge < -0.3 is 10.1 Å². The molecule has 1 aliphatic rings. The van der Waals surface area contributed by atoms with Crippen molar-refractivity contribution in [3.05, 3.63) is 29.8 Å². The molecule has 1 unspecified atom stereocenters. The molecule has 0 saturated carbocycles. The third-order valence-corrected chi connectivity index (χ3v) is 3.36. The second-order valence-electron chi connectivity index (χ2n) is 5.35. The first-order valence-electron chi connectivity index (χ1n) is 6.58. The quantitative estimate of drug-likeness (QED) is 0.831. The zero-order chi connectivity index (χ0) is 13.2. The lowest BCUT2D eigenvalue weighted by Crippen LogP contribution is -2.44. The van der Waals surface area contributed by atoms with Crippen LogP contribution in [-0.2, 0) is 0 Å². The number of Topliss-reactive ketones (excluding diaryl/α,β-unsaturated/α-hetero) is 1. The van der Waals surface area contributed by atoms with Crippen molar-refractivity contribution in [3.8, 4) is 5.75 Å². The molecule has 1 fully saturated rings. The van der Waals surface area contributed by atoms with Gasteiger partial charge in [0.2, 0.25) is 0 Å². The molecule has 3 nitrogen and oxygen atoms in total. The maximum atomic E-state index is 12.6. The molecule has 1 aromatic rings. The average Bonchev–Trinajstić information content (AvgIpc) is 2.76. The average molecular weight is 247 g/mol. The van der Waals surface area contributed by atoms with E-state index >= 15 is 0 Å². The summed E-state index contributed by atoms with van der Waals surface area (Å²) in [6.07, 6.45) is 2.01. The molecule has 0 bridgehead atoms. The summed E-state index contributed by atoms with van der Waals surface area (Å²) >= 11 is 0.